The Bertz CT molecular complexity index is 711. The maximum atomic E-state index is 11.1. The molecule has 0 aliphatic rings. The largest absolute Gasteiger partial charge is 0.335 e. The lowest BCUT2D eigenvalue weighted by atomic mass is 10.2. The summed E-state index contributed by atoms with van der Waals surface area (Å²) in [5, 5.41) is 5.03. The molecule has 0 aliphatic heterocycles. The summed E-state index contributed by atoms with van der Waals surface area (Å²) in [7, 11) is -3.63. The molecule has 1 heterocycles. The minimum absolute atomic E-state index is 0.111. The number of nitrogens with two attached hydrogens (primary N) is 1. The first kappa shape index (κ1) is 13.0. The first-order chi connectivity index (χ1) is 8.36. The molecule has 0 bridgehead atoms. The van der Waals surface area contributed by atoms with Gasteiger partial charge in [-0.25, -0.2) is 13.6 Å². The monoisotopic (exact) mass is 283 g/mol. The second kappa shape index (κ2) is 4.68. The van der Waals surface area contributed by atoms with Gasteiger partial charge in [0.2, 0.25) is 10.0 Å². The van der Waals surface area contributed by atoms with Gasteiger partial charge in [0.1, 0.15) is 0 Å². The molecule has 5 nitrogen and oxygen atoms in total. The molecule has 3 N–H and O–H groups in total. The van der Waals surface area contributed by atoms with Crippen molar-refractivity contribution in [2.75, 3.05) is 0 Å². The van der Waals surface area contributed by atoms with Crippen LogP contribution in [0.1, 0.15) is 11.3 Å². The molecule has 2 aromatic rings. The van der Waals surface area contributed by atoms with Crippen LogP contribution in [0.4, 0.5) is 0 Å². The third kappa shape index (κ3) is 2.87. The molecule has 0 saturated carbocycles. The van der Waals surface area contributed by atoms with Crippen molar-refractivity contribution in [3.63, 3.8) is 0 Å². The van der Waals surface area contributed by atoms with Crippen molar-refractivity contribution in [2.45, 2.75) is 18.4 Å². The van der Waals surface area contributed by atoms with E-state index in [-0.39, 0.29) is 4.90 Å². The number of sulfonamides is 1. The maximum absolute atomic E-state index is 11.1. The summed E-state index contributed by atoms with van der Waals surface area (Å²) >= 11 is 5.15. The van der Waals surface area contributed by atoms with E-state index in [9.17, 15) is 8.42 Å². The number of rotatable bonds is 3. The van der Waals surface area contributed by atoms with Gasteiger partial charge in [0.05, 0.1) is 4.90 Å². The molecule has 18 heavy (non-hydrogen) atoms. The predicted octanol–water partition coefficient (Wildman–Crippen LogP) is 1.55. The van der Waals surface area contributed by atoms with Crippen molar-refractivity contribution >= 4 is 22.2 Å². The zero-order valence-electron chi connectivity index (χ0n) is 9.75. The van der Waals surface area contributed by atoms with Crippen molar-refractivity contribution in [1.29, 1.82) is 0 Å². The van der Waals surface area contributed by atoms with Crippen LogP contribution in [0.3, 0.4) is 0 Å². The van der Waals surface area contributed by atoms with Gasteiger partial charge in [-0.15, -0.1) is 0 Å². The lowest BCUT2D eigenvalue weighted by Crippen LogP contribution is -2.12. The highest BCUT2D eigenvalue weighted by atomic mass is 32.2. The Kier molecular flexibility index (Phi) is 3.38. The van der Waals surface area contributed by atoms with Gasteiger partial charge in [0.25, 0.3) is 0 Å². The molecule has 0 fully saturated rings. The number of nitrogens with one attached hydrogen (secondary N) is 1. The molecule has 2 rings (SSSR count). The molecule has 0 saturated heterocycles. The minimum Gasteiger partial charge on any atom is -0.335 e. The van der Waals surface area contributed by atoms with E-state index in [4.69, 9.17) is 17.4 Å². The van der Waals surface area contributed by atoms with Gasteiger partial charge in [-0.05, 0) is 36.8 Å². The van der Waals surface area contributed by atoms with Crippen LogP contribution in [0, 0.1) is 11.7 Å². The summed E-state index contributed by atoms with van der Waals surface area (Å²) < 4.78 is 24.7. The molecule has 1 aromatic carbocycles. The molecule has 0 aliphatic carbocycles. The first-order valence-electron chi connectivity index (χ1n) is 5.24. The zero-order valence-corrected chi connectivity index (χ0v) is 11.4. The molecule has 1 aromatic heterocycles. The van der Waals surface area contributed by atoms with Crippen LogP contribution in [0.15, 0.2) is 35.4 Å². The fourth-order valence-corrected chi connectivity index (χ4v) is 2.46. The van der Waals surface area contributed by atoms with Gasteiger partial charge < -0.3 is 9.55 Å². The third-order valence-corrected chi connectivity index (χ3v) is 3.79. The molecule has 0 spiro atoms. The molecule has 0 amide bonds. The summed E-state index contributed by atoms with van der Waals surface area (Å²) in [4.78, 5) is 3.14. The number of hydrogen-bond acceptors (Lipinski definition) is 3. The van der Waals surface area contributed by atoms with E-state index >= 15 is 0 Å². The van der Waals surface area contributed by atoms with E-state index in [1.54, 1.807) is 12.1 Å². The molecular weight excluding hydrogens is 270 g/mol. The SMILES string of the molecule is Cc1cn(Cc2ccc(S(N)(=O)=O)cc2)c(=S)[nH]1. The van der Waals surface area contributed by atoms with Crippen LogP contribution in [0.2, 0.25) is 0 Å². The fraction of sp³-hybridized carbons (Fsp3) is 0.182. The van der Waals surface area contributed by atoms with E-state index in [0.717, 1.165) is 11.3 Å². The Morgan fingerprint density at radius 2 is 1.94 bits per heavy atom. The average molecular weight is 283 g/mol. The highest BCUT2D eigenvalue weighted by molar-refractivity contribution is 7.89. The van der Waals surface area contributed by atoms with Gasteiger partial charge in [-0.1, -0.05) is 12.1 Å². The number of H-pyrrole nitrogens is 1. The van der Waals surface area contributed by atoms with Crippen LogP contribution >= 0.6 is 12.2 Å². The highest BCUT2D eigenvalue weighted by Gasteiger charge is 2.07. The van der Waals surface area contributed by atoms with E-state index < -0.39 is 10.0 Å². The topological polar surface area (TPSA) is 80.9 Å². The number of imidazole rings is 1. The smallest absolute Gasteiger partial charge is 0.238 e. The third-order valence-electron chi connectivity index (χ3n) is 2.52. The van der Waals surface area contributed by atoms with Crippen LogP contribution in [-0.2, 0) is 16.6 Å². The summed E-state index contributed by atoms with van der Waals surface area (Å²) in [6, 6.07) is 6.44. The van der Waals surface area contributed by atoms with Gasteiger partial charge >= 0.3 is 0 Å². The summed E-state index contributed by atoms with van der Waals surface area (Å²) in [5.41, 5.74) is 1.94. The van der Waals surface area contributed by atoms with E-state index in [1.165, 1.54) is 12.1 Å². The van der Waals surface area contributed by atoms with Crippen molar-refractivity contribution in [1.82, 2.24) is 9.55 Å². The molecule has 0 atom stereocenters. The van der Waals surface area contributed by atoms with Gasteiger partial charge in [-0.3, -0.25) is 0 Å². The Labute approximate surface area is 110 Å². The van der Waals surface area contributed by atoms with Gasteiger partial charge in [0, 0.05) is 18.4 Å². The molecular formula is C11H13N3O2S2. The van der Waals surface area contributed by atoms with E-state index in [0.29, 0.717) is 11.3 Å². The maximum Gasteiger partial charge on any atom is 0.238 e. The van der Waals surface area contributed by atoms with Crippen LogP contribution < -0.4 is 5.14 Å². The molecule has 7 heteroatoms. The number of benzene rings is 1. The average Bonchev–Trinajstić information content (AvgIpc) is 2.57. The fourth-order valence-electron chi connectivity index (χ4n) is 1.66. The Balaban J connectivity index is 2.26. The van der Waals surface area contributed by atoms with Gasteiger partial charge in [-0.2, -0.15) is 0 Å². The van der Waals surface area contributed by atoms with Crippen molar-refractivity contribution in [3.8, 4) is 0 Å². The lowest BCUT2D eigenvalue weighted by Gasteiger charge is -2.04. The van der Waals surface area contributed by atoms with Crippen LogP contribution in [0.5, 0.6) is 0 Å². The minimum atomic E-state index is -3.63. The number of hydrogen-bond donors (Lipinski definition) is 2. The van der Waals surface area contributed by atoms with Crippen LogP contribution in [-0.4, -0.2) is 18.0 Å². The number of primary sulfonamides is 1. The number of aromatic nitrogens is 2. The van der Waals surface area contributed by atoms with E-state index in [2.05, 4.69) is 4.98 Å². The summed E-state index contributed by atoms with van der Waals surface area (Å²) in [6.45, 7) is 2.52. The van der Waals surface area contributed by atoms with Crippen molar-refractivity contribution in [3.05, 3.63) is 46.5 Å². The number of aromatic amines is 1. The van der Waals surface area contributed by atoms with Crippen molar-refractivity contribution < 1.29 is 8.42 Å². The Morgan fingerprint density at radius 1 is 1.33 bits per heavy atom. The molecule has 0 radical (unpaired) electrons. The normalized spacial score (nSPS) is 11.7. The first-order valence-corrected chi connectivity index (χ1v) is 7.19. The predicted molar refractivity (Wildman–Crippen MR) is 71.3 cm³/mol. The molecule has 0 unspecified atom stereocenters. The zero-order chi connectivity index (χ0) is 13.3. The Morgan fingerprint density at radius 3 is 2.39 bits per heavy atom. The second-order valence-corrected chi connectivity index (χ2v) is 6.01. The standard InChI is InChI=1S/C11H13N3O2S2/c1-8-6-14(11(17)13-8)7-9-2-4-10(5-3-9)18(12,15)16/h2-6H,7H2,1H3,(H,13,17)(H2,12,15,16). The Hall–Kier alpha value is -1.44. The second-order valence-electron chi connectivity index (χ2n) is 4.06. The molecule has 96 valence electrons. The summed E-state index contributed by atoms with van der Waals surface area (Å²) in [6.07, 6.45) is 1.91. The van der Waals surface area contributed by atoms with Gasteiger partial charge in [0.15, 0.2) is 4.77 Å². The number of nitrogens with zero attached hydrogens (tertiary/aromatic N) is 1. The van der Waals surface area contributed by atoms with Crippen LogP contribution in [0.25, 0.3) is 0 Å². The van der Waals surface area contributed by atoms with E-state index in [1.807, 2.05) is 17.7 Å². The van der Waals surface area contributed by atoms with Crippen molar-refractivity contribution in [2.24, 2.45) is 5.14 Å². The number of aryl methyl sites for hydroxylation is 1. The summed E-state index contributed by atoms with van der Waals surface area (Å²) in [5.74, 6) is 0. The quantitative estimate of drug-likeness (QED) is 0.839. The highest BCUT2D eigenvalue weighted by Crippen LogP contribution is 2.10. The lowest BCUT2D eigenvalue weighted by molar-refractivity contribution is 0.597.